The Morgan fingerprint density at radius 3 is 2.75 bits per heavy atom. The molecule has 0 aromatic heterocycles. The summed E-state index contributed by atoms with van der Waals surface area (Å²) < 4.78 is 0. The second-order valence-electron chi connectivity index (χ2n) is 3.42. The number of rotatable bonds is 4. The van der Waals surface area contributed by atoms with Crippen LogP contribution < -0.4 is 5.32 Å². The topological polar surface area (TPSA) is 76.3 Å². The Labute approximate surface area is 99.1 Å². The fourth-order valence-corrected chi connectivity index (χ4v) is 1.52. The van der Waals surface area contributed by atoms with Crippen molar-refractivity contribution in [3.63, 3.8) is 0 Å². The summed E-state index contributed by atoms with van der Waals surface area (Å²) in [5, 5.41) is 31.2. The summed E-state index contributed by atoms with van der Waals surface area (Å²) in [5.41, 5.74) is 0.763. The van der Waals surface area contributed by atoms with Gasteiger partial charge in [-0.25, -0.2) is 0 Å². The van der Waals surface area contributed by atoms with E-state index in [0.717, 1.165) is 0 Å². The number of aliphatic hydroxyl groups is 2. The molecule has 0 radical (unpaired) electrons. The summed E-state index contributed by atoms with van der Waals surface area (Å²) in [6.45, 7) is 0.270. The van der Waals surface area contributed by atoms with Gasteiger partial charge in [0.15, 0.2) is 0 Å². The van der Waals surface area contributed by atoms with Gasteiger partial charge in [0.2, 0.25) is 0 Å². The first-order valence-electron chi connectivity index (χ1n) is 4.80. The number of benzene rings is 1. The first-order chi connectivity index (χ1) is 7.60. The number of aliphatic hydroxyl groups excluding tert-OH is 2. The van der Waals surface area contributed by atoms with Crippen molar-refractivity contribution in [2.75, 3.05) is 13.6 Å². The molecule has 16 heavy (non-hydrogen) atoms. The maximum atomic E-state index is 9.79. The van der Waals surface area contributed by atoms with E-state index in [2.05, 4.69) is 5.32 Å². The average Bonchev–Trinajstić information content (AvgIpc) is 2.29. The van der Waals surface area contributed by atoms with E-state index >= 15 is 0 Å². The van der Waals surface area contributed by atoms with E-state index in [1.165, 1.54) is 12.1 Å². The average molecular weight is 241 g/mol. The van der Waals surface area contributed by atoms with Crippen LogP contribution in [0.3, 0.4) is 0 Å². The Bertz CT molecular complexity index is 403. The highest BCUT2D eigenvalue weighted by atomic mass is 35.5. The second kappa shape index (κ2) is 5.83. The standard InChI is InChI=1S/C11H13ClN2O2/c1-14-6-10(15)11(16)7-2-3-9(12)8(4-7)5-13/h2-4,10-11,14-16H,6H2,1H3. The Morgan fingerprint density at radius 1 is 1.50 bits per heavy atom. The van der Waals surface area contributed by atoms with Gasteiger partial charge in [-0.15, -0.1) is 0 Å². The van der Waals surface area contributed by atoms with Gasteiger partial charge in [0.1, 0.15) is 12.2 Å². The lowest BCUT2D eigenvalue weighted by Gasteiger charge is -2.18. The van der Waals surface area contributed by atoms with E-state index in [9.17, 15) is 10.2 Å². The summed E-state index contributed by atoms with van der Waals surface area (Å²) in [6.07, 6.45) is -1.95. The third kappa shape index (κ3) is 2.94. The Hall–Kier alpha value is -1.12. The van der Waals surface area contributed by atoms with Crippen molar-refractivity contribution in [1.29, 1.82) is 5.26 Å². The minimum Gasteiger partial charge on any atom is -0.389 e. The van der Waals surface area contributed by atoms with Gasteiger partial charge >= 0.3 is 0 Å². The van der Waals surface area contributed by atoms with Gasteiger partial charge < -0.3 is 15.5 Å². The molecular formula is C11H13ClN2O2. The van der Waals surface area contributed by atoms with Crippen molar-refractivity contribution in [2.24, 2.45) is 0 Å². The van der Waals surface area contributed by atoms with Crippen molar-refractivity contribution in [3.8, 4) is 6.07 Å². The van der Waals surface area contributed by atoms with Gasteiger partial charge in [0.25, 0.3) is 0 Å². The molecule has 0 heterocycles. The molecule has 0 saturated heterocycles. The molecule has 0 spiro atoms. The molecule has 2 unspecified atom stereocenters. The van der Waals surface area contributed by atoms with Crippen molar-refractivity contribution in [1.82, 2.24) is 5.32 Å². The maximum absolute atomic E-state index is 9.79. The van der Waals surface area contributed by atoms with E-state index in [-0.39, 0.29) is 12.1 Å². The van der Waals surface area contributed by atoms with E-state index in [1.807, 2.05) is 6.07 Å². The Balaban J connectivity index is 2.92. The van der Waals surface area contributed by atoms with Crippen LogP contribution in [0.1, 0.15) is 17.2 Å². The Morgan fingerprint density at radius 2 is 2.19 bits per heavy atom. The summed E-state index contributed by atoms with van der Waals surface area (Å²) in [7, 11) is 1.68. The third-order valence-electron chi connectivity index (χ3n) is 2.23. The lowest BCUT2D eigenvalue weighted by Crippen LogP contribution is -2.29. The van der Waals surface area contributed by atoms with Crippen LogP contribution in [0.15, 0.2) is 18.2 Å². The number of halogens is 1. The molecule has 4 nitrogen and oxygen atoms in total. The minimum atomic E-state index is -1.03. The molecule has 0 aliphatic heterocycles. The van der Waals surface area contributed by atoms with Gasteiger partial charge in [-0.1, -0.05) is 17.7 Å². The van der Waals surface area contributed by atoms with Gasteiger partial charge in [-0.05, 0) is 24.7 Å². The molecule has 3 N–H and O–H groups in total. The molecule has 1 aromatic rings. The highest BCUT2D eigenvalue weighted by Gasteiger charge is 2.18. The van der Waals surface area contributed by atoms with E-state index in [1.54, 1.807) is 13.1 Å². The summed E-state index contributed by atoms with van der Waals surface area (Å²) in [6, 6.07) is 6.52. The lowest BCUT2D eigenvalue weighted by atomic mass is 10.0. The van der Waals surface area contributed by atoms with Crippen LogP contribution in [0.25, 0.3) is 0 Å². The van der Waals surface area contributed by atoms with Gasteiger partial charge in [-0.3, -0.25) is 0 Å². The smallest absolute Gasteiger partial charge is 0.106 e. The third-order valence-corrected chi connectivity index (χ3v) is 2.56. The van der Waals surface area contributed by atoms with Crippen LogP contribution in [-0.2, 0) is 0 Å². The molecule has 2 atom stereocenters. The van der Waals surface area contributed by atoms with Crippen LogP contribution in [-0.4, -0.2) is 29.9 Å². The molecule has 0 saturated carbocycles. The van der Waals surface area contributed by atoms with Crippen LogP contribution in [0, 0.1) is 11.3 Å². The number of nitriles is 1. The number of nitrogens with one attached hydrogen (secondary N) is 1. The molecule has 0 aliphatic rings. The van der Waals surface area contributed by atoms with Gasteiger partial charge in [-0.2, -0.15) is 5.26 Å². The molecule has 1 aromatic carbocycles. The highest BCUT2D eigenvalue weighted by Crippen LogP contribution is 2.22. The summed E-state index contributed by atoms with van der Waals surface area (Å²) >= 11 is 5.76. The fraction of sp³-hybridized carbons (Fsp3) is 0.364. The highest BCUT2D eigenvalue weighted by molar-refractivity contribution is 6.31. The molecular weight excluding hydrogens is 228 g/mol. The first-order valence-corrected chi connectivity index (χ1v) is 5.18. The SMILES string of the molecule is CNCC(O)C(O)c1ccc(Cl)c(C#N)c1. The molecule has 0 bridgehead atoms. The first kappa shape index (κ1) is 12.9. The fourth-order valence-electron chi connectivity index (χ4n) is 1.36. The number of nitrogens with zero attached hydrogens (tertiary/aromatic N) is 1. The zero-order valence-corrected chi connectivity index (χ0v) is 9.57. The van der Waals surface area contributed by atoms with E-state index < -0.39 is 12.2 Å². The minimum absolute atomic E-state index is 0.270. The lowest BCUT2D eigenvalue weighted by molar-refractivity contribution is 0.0202. The van der Waals surface area contributed by atoms with E-state index in [4.69, 9.17) is 16.9 Å². The zero-order chi connectivity index (χ0) is 12.1. The Kier molecular flexibility index (Phi) is 4.71. The molecule has 86 valence electrons. The number of hydrogen-bond acceptors (Lipinski definition) is 4. The van der Waals surface area contributed by atoms with Crippen LogP contribution in [0.2, 0.25) is 5.02 Å². The normalized spacial score (nSPS) is 14.2. The zero-order valence-electron chi connectivity index (χ0n) is 8.81. The van der Waals surface area contributed by atoms with Crippen LogP contribution in [0.5, 0.6) is 0 Å². The second-order valence-corrected chi connectivity index (χ2v) is 3.83. The maximum Gasteiger partial charge on any atom is 0.106 e. The van der Waals surface area contributed by atoms with Gasteiger partial charge in [0, 0.05) is 6.54 Å². The number of likely N-dealkylation sites (N-methyl/N-ethyl adjacent to an activating group) is 1. The van der Waals surface area contributed by atoms with Crippen molar-refractivity contribution in [2.45, 2.75) is 12.2 Å². The largest absolute Gasteiger partial charge is 0.389 e. The van der Waals surface area contributed by atoms with Crippen LogP contribution >= 0.6 is 11.6 Å². The summed E-state index contributed by atoms with van der Waals surface area (Å²) in [4.78, 5) is 0. The number of hydrogen-bond donors (Lipinski definition) is 3. The van der Waals surface area contributed by atoms with Crippen molar-refractivity contribution in [3.05, 3.63) is 34.3 Å². The molecule has 0 aliphatic carbocycles. The van der Waals surface area contributed by atoms with Crippen LogP contribution in [0.4, 0.5) is 0 Å². The molecule has 0 amide bonds. The van der Waals surface area contributed by atoms with Gasteiger partial charge in [0.05, 0.1) is 16.7 Å². The van der Waals surface area contributed by atoms with Crippen molar-refractivity contribution >= 4 is 11.6 Å². The monoisotopic (exact) mass is 240 g/mol. The van der Waals surface area contributed by atoms with Crippen molar-refractivity contribution < 1.29 is 10.2 Å². The molecule has 0 fully saturated rings. The van der Waals surface area contributed by atoms with E-state index in [0.29, 0.717) is 10.6 Å². The predicted molar refractivity (Wildman–Crippen MR) is 61.1 cm³/mol. The molecule has 1 rings (SSSR count). The summed E-state index contributed by atoms with van der Waals surface area (Å²) in [5.74, 6) is 0. The predicted octanol–water partition coefficient (Wildman–Crippen LogP) is 0.825. The quantitative estimate of drug-likeness (QED) is 0.729. The molecule has 5 heteroatoms.